The number of rotatable bonds is 3. The lowest BCUT2D eigenvalue weighted by Crippen LogP contribution is -2.14. The molecule has 0 bridgehead atoms. The van der Waals surface area contributed by atoms with E-state index in [0.717, 1.165) is 16.6 Å². The highest BCUT2D eigenvalue weighted by atomic mass is 19.1. The molecule has 4 aromatic rings. The van der Waals surface area contributed by atoms with Crippen molar-refractivity contribution in [3.05, 3.63) is 94.8 Å². The molecule has 0 aliphatic rings. The number of hydrogen-bond acceptors (Lipinski definition) is 3. The molecule has 0 amide bonds. The summed E-state index contributed by atoms with van der Waals surface area (Å²) in [5, 5.41) is 0. The summed E-state index contributed by atoms with van der Waals surface area (Å²) in [5.41, 5.74) is 3.13. The molecule has 122 valence electrons. The van der Waals surface area contributed by atoms with Crippen LogP contribution < -0.4 is 5.56 Å². The van der Waals surface area contributed by atoms with E-state index in [9.17, 15) is 9.18 Å². The van der Waals surface area contributed by atoms with Crippen LogP contribution >= 0.6 is 0 Å². The number of aromatic nitrogens is 3. The van der Waals surface area contributed by atoms with E-state index < -0.39 is 0 Å². The molecule has 4 rings (SSSR count). The standard InChI is InChI=1S/C20H14FN3O/c21-16-8-6-15(7-9-16)17-10-11-18-19(23-17)20(25)22-13-24(18)12-14-4-2-1-3-5-14/h1-11,13H,12H2. The van der Waals surface area contributed by atoms with Crippen LogP contribution in [0.3, 0.4) is 0 Å². The van der Waals surface area contributed by atoms with Crippen LogP contribution in [0, 0.1) is 5.82 Å². The van der Waals surface area contributed by atoms with E-state index in [4.69, 9.17) is 0 Å². The molecular formula is C20H14FN3O. The molecule has 0 saturated heterocycles. The molecule has 0 unspecified atom stereocenters. The van der Waals surface area contributed by atoms with Crippen LogP contribution in [0.15, 0.2) is 77.9 Å². The van der Waals surface area contributed by atoms with Gasteiger partial charge in [0.15, 0.2) is 5.52 Å². The fourth-order valence-corrected chi connectivity index (χ4v) is 2.77. The number of hydrogen-bond donors (Lipinski definition) is 0. The predicted octanol–water partition coefficient (Wildman–Crippen LogP) is 3.65. The molecule has 0 spiro atoms. The Morgan fingerprint density at radius 1 is 0.920 bits per heavy atom. The maximum absolute atomic E-state index is 13.1. The molecule has 0 aliphatic carbocycles. The molecule has 0 N–H and O–H groups in total. The van der Waals surface area contributed by atoms with Gasteiger partial charge in [-0.3, -0.25) is 4.79 Å². The third-order valence-electron chi connectivity index (χ3n) is 4.04. The predicted molar refractivity (Wildman–Crippen MR) is 94.7 cm³/mol. The highest BCUT2D eigenvalue weighted by molar-refractivity contribution is 5.77. The topological polar surface area (TPSA) is 47.8 Å². The van der Waals surface area contributed by atoms with E-state index in [0.29, 0.717) is 17.8 Å². The first-order valence-corrected chi connectivity index (χ1v) is 7.87. The van der Waals surface area contributed by atoms with Crippen LogP contribution in [0.25, 0.3) is 22.3 Å². The van der Waals surface area contributed by atoms with Gasteiger partial charge in [0.25, 0.3) is 5.56 Å². The Bertz CT molecular complexity index is 1090. The second-order valence-electron chi connectivity index (χ2n) is 5.73. The average Bonchev–Trinajstić information content (AvgIpc) is 2.65. The molecule has 2 aromatic heterocycles. The minimum atomic E-state index is -0.372. The fraction of sp³-hybridized carbons (Fsp3) is 0.0500. The average molecular weight is 331 g/mol. The third kappa shape index (κ3) is 3.04. The zero-order valence-electron chi connectivity index (χ0n) is 13.3. The monoisotopic (exact) mass is 331 g/mol. The van der Waals surface area contributed by atoms with Gasteiger partial charge in [0.2, 0.25) is 0 Å². The van der Waals surface area contributed by atoms with Crippen LogP contribution in [0.1, 0.15) is 5.56 Å². The molecule has 0 saturated carbocycles. The summed E-state index contributed by atoms with van der Waals surface area (Å²) in [5.74, 6) is -0.309. The summed E-state index contributed by atoms with van der Waals surface area (Å²) < 4.78 is 15.0. The Labute approximate surface area is 143 Å². The Hall–Kier alpha value is -3.34. The molecule has 0 radical (unpaired) electrons. The van der Waals surface area contributed by atoms with E-state index in [1.54, 1.807) is 12.1 Å². The van der Waals surface area contributed by atoms with Crippen molar-refractivity contribution in [2.45, 2.75) is 6.54 Å². The van der Waals surface area contributed by atoms with Crippen LogP contribution in [0.2, 0.25) is 0 Å². The molecule has 2 heterocycles. The van der Waals surface area contributed by atoms with E-state index >= 15 is 0 Å². The van der Waals surface area contributed by atoms with E-state index in [1.807, 2.05) is 47.0 Å². The zero-order valence-corrected chi connectivity index (χ0v) is 13.3. The van der Waals surface area contributed by atoms with Crippen molar-refractivity contribution in [2.75, 3.05) is 0 Å². The van der Waals surface area contributed by atoms with E-state index in [-0.39, 0.29) is 11.4 Å². The molecule has 0 atom stereocenters. The van der Waals surface area contributed by atoms with Crippen LogP contribution in [-0.4, -0.2) is 14.5 Å². The van der Waals surface area contributed by atoms with Crippen molar-refractivity contribution < 1.29 is 4.39 Å². The van der Waals surface area contributed by atoms with Crippen molar-refractivity contribution in [2.24, 2.45) is 0 Å². The lowest BCUT2D eigenvalue weighted by molar-refractivity contribution is 0.628. The van der Waals surface area contributed by atoms with Gasteiger partial charge in [-0.25, -0.2) is 9.37 Å². The number of fused-ring (bicyclic) bond motifs is 1. The first-order valence-electron chi connectivity index (χ1n) is 7.87. The van der Waals surface area contributed by atoms with Crippen molar-refractivity contribution >= 4 is 11.0 Å². The minimum Gasteiger partial charge on any atom is -0.326 e. The first-order chi connectivity index (χ1) is 12.2. The zero-order chi connectivity index (χ0) is 17.2. The number of benzene rings is 2. The summed E-state index contributed by atoms with van der Waals surface area (Å²) in [6.45, 7) is 0.599. The number of nitrogens with zero attached hydrogens (tertiary/aromatic N) is 3. The molecule has 0 aliphatic heterocycles. The smallest absolute Gasteiger partial charge is 0.299 e. The Morgan fingerprint density at radius 3 is 2.44 bits per heavy atom. The fourth-order valence-electron chi connectivity index (χ4n) is 2.77. The molecule has 0 fully saturated rings. The maximum atomic E-state index is 13.1. The van der Waals surface area contributed by atoms with Crippen molar-refractivity contribution in [1.29, 1.82) is 0 Å². The summed E-state index contributed by atoms with van der Waals surface area (Å²) >= 11 is 0. The quantitative estimate of drug-likeness (QED) is 0.576. The highest BCUT2D eigenvalue weighted by Gasteiger charge is 2.09. The van der Waals surface area contributed by atoms with Crippen LogP contribution in [0.4, 0.5) is 4.39 Å². The Balaban J connectivity index is 1.81. The molecule has 4 nitrogen and oxygen atoms in total. The highest BCUT2D eigenvalue weighted by Crippen LogP contribution is 2.20. The van der Waals surface area contributed by atoms with Crippen molar-refractivity contribution in [1.82, 2.24) is 14.5 Å². The van der Waals surface area contributed by atoms with Gasteiger partial charge in [-0.15, -0.1) is 0 Å². The van der Waals surface area contributed by atoms with Gasteiger partial charge in [0, 0.05) is 12.1 Å². The lowest BCUT2D eigenvalue weighted by atomic mass is 10.1. The summed E-state index contributed by atoms with van der Waals surface area (Å²) in [6.07, 6.45) is 1.54. The van der Waals surface area contributed by atoms with Crippen molar-refractivity contribution in [3.8, 4) is 11.3 Å². The Morgan fingerprint density at radius 2 is 1.68 bits per heavy atom. The van der Waals surface area contributed by atoms with Crippen molar-refractivity contribution in [3.63, 3.8) is 0 Å². The normalized spacial score (nSPS) is 10.9. The van der Waals surface area contributed by atoms with Gasteiger partial charge in [0.1, 0.15) is 5.82 Å². The first kappa shape index (κ1) is 15.2. The number of halogens is 1. The van der Waals surface area contributed by atoms with E-state index in [2.05, 4.69) is 9.97 Å². The number of pyridine rings is 1. The van der Waals surface area contributed by atoms with Crippen LogP contribution in [0.5, 0.6) is 0 Å². The second-order valence-corrected chi connectivity index (χ2v) is 5.73. The van der Waals surface area contributed by atoms with Gasteiger partial charge in [-0.05, 0) is 42.0 Å². The summed E-state index contributed by atoms with van der Waals surface area (Å²) in [4.78, 5) is 20.6. The Kier molecular flexibility index (Phi) is 3.82. The SMILES string of the molecule is O=c1ncn(Cc2ccccc2)c2ccc(-c3ccc(F)cc3)nc12. The van der Waals surface area contributed by atoms with Gasteiger partial charge < -0.3 is 4.57 Å². The van der Waals surface area contributed by atoms with E-state index in [1.165, 1.54) is 18.5 Å². The minimum absolute atomic E-state index is 0.306. The molecule has 5 heteroatoms. The third-order valence-corrected chi connectivity index (χ3v) is 4.04. The summed E-state index contributed by atoms with van der Waals surface area (Å²) in [7, 11) is 0. The lowest BCUT2D eigenvalue weighted by Gasteiger charge is -2.10. The van der Waals surface area contributed by atoms with Gasteiger partial charge in [-0.1, -0.05) is 30.3 Å². The maximum Gasteiger partial charge on any atom is 0.299 e. The largest absolute Gasteiger partial charge is 0.326 e. The van der Waals surface area contributed by atoms with Gasteiger partial charge in [-0.2, -0.15) is 4.98 Å². The summed E-state index contributed by atoms with van der Waals surface area (Å²) in [6, 6.07) is 19.7. The second kappa shape index (κ2) is 6.28. The molecular weight excluding hydrogens is 317 g/mol. The van der Waals surface area contributed by atoms with Gasteiger partial charge in [0.05, 0.1) is 17.5 Å². The molecule has 2 aromatic carbocycles. The van der Waals surface area contributed by atoms with Gasteiger partial charge >= 0.3 is 0 Å². The molecule has 25 heavy (non-hydrogen) atoms. The van der Waals surface area contributed by atoms with Crippen LogP contribution in [-0.2, 0) is 6.54 Å².